The average Bonchev–Trinajstić information content (AvgIpc) is 3.36. The van der Waals surface area contributed by atoms with Crippen LogP contribution in [0.25, 0.3) is 11.1 Å². The summed E-state index contributed by atoms with van der Waals surface area (Å²) in [5.41, 5.74) is 1.77. The molecule has 6 heteroatoms. The number of aromatic nitrogens is 1. The molecule has 2 aliphatic heterocycles. The van der Waals surface area contributed by atoms with Gasteiger partial charge in [-0.1, -0.05) is 12.1 Å². The summed E-state index contributed by atoms with van der Waals surface area (Å²) in [7, 11) is 0. The maximum atomic E-state index is 6.07. The normalized spacial score (nSPS) is 21.8. The summed E-state index contributed by atoms with van der Waals surface area (Å²) in [6.45, 7) is 5.44. The van der Waals surface area contributed by atoms with E-state index in [9.17, 15) is 0 Å². The molecule has 2 aromatic heterocycles. The van der Waals surface area contributed by atoms with Gasteiger partial charge in [-0.15, -0.1) is 0 Å². The summed E-state index contributed by atoms with van der Waals surface area (Å²) in [5, 5.41) is 0. The molecule has 1 atom stereocenters. The lowest BCUT2D eigenvalue weighted by atomic mass is 10.1. The van der Waals surface area contributed by atoms with Crippen LogP contribution in [0.3, 0.4) is 0 Å². The van der Waals surface area contributed by atoms with Crippen LogP contribution >= 0.6 is 0 Å². The number of fused-ring (bicyclic) bond motifs is 1. The zero-order valence-electron chi connectivity index (χ0n) is 15.5. The van der Waals surface area contributed by atoms with Crippen molar-refractivity contribution in [2.24, 2.45) is 0 Å². The number of anilines is 1. The first-order chi connectivity index (χ1) is 13.3. The van der Waals surface area contributed by atoms with E-state index in [1.54, 1.807) is 0 Å². The van der Waals surface area contributed by atoms with Crippen LogP contribution in [0.5, 0.6) is 0 Å². The molecule has 2 aliphatic rings. The predicted octanol–water partition coefficient (Wildman–Crippen LogP) is 3.98. The minimum absolute atomic E-state index is 0.142. The maximum absolute atomic E-state index is 6.07. The molecule has 142 valence electrons. The van der Waals surface area contributed by atoms with E-state index in [1.165, 1.54) is 6.42 Å². The van der Waals surface area contributed by atoms with Crippen LogP contribution in [0.2, 0.25) is 0 Å². The van der Waals surface area contributed by atoms with Gasteiger partial charge >= 0.3 is 0 Å². The Hall–Kier alpha value is -2.31. The van der Waals surface area contributed by atoms with Gasteiger partial charge < -0.3 is 18.5 Å². The van der Waals surface area contributed by atoms with E-state index >= 15 is 0 Å². The number of hydrogen-bond donors (Lipinski definition) is 0. The van der Waals surface area contributed by atoms with Crippen LogP contribution in [0, 0.1) is 0 Å². The second kappa shape index (κ2) is 7.37. The van der Waals surface area contributed by atoms with Gasteiger partial charge in [0.05, 0.1) is 6.54 Å². The summed E-state index contributed by atoms with van der Waals surface area (Å²) in [6, 6.07) is 12.8. The zero-order valence-corrected chi connectivity index (χ0v) is 15.5. The highest BCUT2D eigenvalue weighted by Crippen LogP contribution is 2.29. The van der Waals surface area contributed by atoms with Gasteiger partial charge in [0.2, 0.25) is 0 Å². The number of oxazole rings is 1. The number of para-hydroxylation sites is 2. The standard InChI is InChI=1S/C21H25N3O3/c1-2-6-18-17(5-1)22-21(27-18)24-12-10-23(11-13-24)15-16-8-9-20(26-16)19-7-3-4-14-25-19/h1-2,5-6,8-9,19H,3-4,7,10-15H2/t19-/m0/s1. The summed E-state index contributed by atoms with van der Waals surface area (Å²) >= 11 is 0. The van der Waals surface area contributed by atoms with Crippen molar-refractivity contribution in [3.63, 3.8) is 0 Å². The van der Waals surface area contributed by atoms with Gasteiger partial charge in [0.25, 0.3) is 6.01 Å². The van der Waals surface area contributed by atoms with Crippen LogP contribution in [0.4, 0.5) is 6.01 Å². The van der Waals surface area contributed by atoms with Gasteiger partial charge in [-0.25, -0.2) is 0 Å². The van der Waals surface area contributed by atoms with Crippen LogP contribution in [0.15, 0.2) is 45.2 Å². The molecule has 6 nitrogen and oxygen atoms in total. The number of rotatable bonds is 4. The SMILES string of the molecule is c1ccc2oc(N3CCN(Cc4ccc([C@@H]5CCCCO5)o4)CC3)nc2c1. The van der Waals surface area contributed by atoms with Crippen molar-refractivity contribution in [2.45, 2.75) is 31.9 Å². The predicted molar refractivity (Wildman–Crippen MR) is 103 cm³/mol. The first kappa shape index (κ1) is 16.8. The summed E-state index contributed by atoms with van der Waals surface area (Å²) in [4.78, 5) is 9.25. The van der Waals surface area contributed by atoms with Crippen molar-refractivity contribution in [1.29, 1.82) is 0 Å². The summed E-state index contributed by atoms with van der Waals surface area (Å²) in [5.74, 6) is 2.00. The molecule has 27 heavy (non-hydrogen) atoms. The second-order valence-corrected chi connectivity index (χ2v) is 7.39. The maximum Gasteiger partial charge on any atom is 0.298 e. The number of piperazine rings is 1. The molecule has 0 amide bonds. The lowest BCUT2D eigenvalue weighted by molar-refractivity contribution is 0.000830. The fourth-order valence-electron chi connectivity index (χ4n) is 3.93. The van der Waals surface area contributed by atoms with Crippen molar-refractivity contribution < 1.29 is 13.6 Å². The number of hydrogen-bond acceptors (Lipinski definition) is 6. The van der Waals surface area contributed by atoms with Gasteiger partial charge in [-0.2, -0.15) is 4.98 Å². The van der Waals surface area contributed by atoms with E-state index in [0.29, 0.717) is 0 Å². The third-order valence-corrected chi connectivity index (χ3v) is 5.48. The van der Waals surface area contributed by atoms with E-state index in [0.717, 1.165) is 80.8 Å². The Balaban J connectivity index is 1.18. The molecule has 4 heterocycles. The van der Waals surface area contributed by atoms with Crippen molar-refractivity contribution in [3.8, 4) is 0 Å². The molecule has 0 spiro atoms. The topological polar surface area (TPSA) is 54.9 Å². The summed E-state index contributed by atoms with van der Waals surface area (Å²) in [6.07, 6.45) is 3.59. The third-order valence-electron chi connectivity index (χ3n) is 5.48. The molecule has 0 aliphatic carbocycles. The van der Waals surface area contributed by atoms with Gasteiger partial charge in [0, 0.05) is 32.8 Å². The Kier molecular flexibility index (Phi) is 4.59. The number of benzene rings is 1. The van der Waals surface area contributed by atoms with Crippen molar-refractivity contribution in [3.05, 3.63) is 47.9 Å². The minimum atomic E-state index is 0.142. The first-order valence-electron chi connectivity index (χ1n) is 9.88. The Bertz CT molecular complexity index is 856. The second-order valence-electron chi connectivity index (χ2n) is 7.39. The fraction of sp³-hybridized carbons (Fsp3) is 0.476. The highest BCUT2D eigenvalue weighted by molar-refractivity contribution is 5.74. The number of nitrogens with zero attached hydrogens (tertiary/aromatic N) is 3. The van der Waals surface area contributed by atoms with Crippen molar-refractivity contribution >= 4 is 17.1 Å². The van der Waals surface area contributed by atoms with E-state index in [-0.39, 0.29) is 6.10 Å². The van der Waals surface area contributed by atoms with Gasteiger partial charge in [-0.3, -0.25) is 4.90 Å². The smallest absolute Gasteiger partial charge is 0.298 e. The molecule has 0 bridgehead atoms. The lowest BCUT2D eigenvalue weighted by Crippen LogP contribution is -2.46. The Labute approximate surface area is 158 Å². The largest absolute Gasteiger partial charge is 0.462 e. The molecule has 3 aromatic rings. The van der Waals surface area contributed by atoms with Crippen LogP contribution in [-0.2, 0) is 11.3 Å². The first-order valence-corrected chi connectivity index (χ1v) is 9.88. The molecule has 1 aromatic carbocycles. The third kappa shape index (κ3) is 3.59. The molecular weight excluding hydrogens is 342 g/mol. The highest BCUT2D eigenvalue weighted by Gasteiger charge is 2.23. The molecule has 0 N–H and O–H groups in total. The van der Waals surface area contributed by atoms with E-state index in [1.807, 2.05) is 24.3 Å². The number of furan rings is 1. The van der Waals surface area contributed by atoms with E-state index < -0.39 is 0 Å². The molecule has 5 rings (SSSR count). The Morgan fingerprint density at radius 3 is 2.67 bits per heavy atom. The monoisotopic (exact) mass is 367 g/mol. The molecule has 2 fully saturated rings. The van der Waals surface area contributed by atoms with E-state index in [2.05, 4.69) is 26.9 Å². The molecule has 0 saturated carbocycles. The Morgan fingerprint density at radius 1 is 0.963 bits per heavy atom. The quantitative estimate of drug-likeness (QED) is 0.695. The average molecular weight is 367 g/mol. The van der Waals surface area contributed by atoms with Crippen LogP contribution in [0.1, 0.15) is 36.9 Å². The molecular formula is C21H25N3O3. The fourth-order valence-corrected chi connectivity index (χ4v) is 3.93. The molecule has 0 radical (unpaired) electrons. The molecule has 2 saturated heterocycles. The van der Waals surface area contributed by atoms with Gasteiger partial charge in [-0.05, 0) is 43.5 Å². The van der Waals surface area contributed by atoms with Crippen molar-refractivity contribution in [1.82, 2.24) is 9.88 Å². The zero-order chi connectivity index (χ0) is 18.1. The van der Waals surface area contributed by atoms with Crippen molar-refractivity contribution in [2.75, 3.05) is 37.7 Å². The van der Waals surface area contributed by atoms with Gasteiger partial charge in [0.15, 0.2) is 5.58 Å². The van der Waals surface area contributed by atoms with Crippen LogP contribution < -0.4 is 4.90 Å². The molecule has 0 unspecified atom stereocenters. The minimum Gasteiger partial charge on any atom is -0.462 e. The summed E-state index contributed by atoms with van der Waals surface area (Å²) < 4.78 is 17.8. The van der Waals surface area contributed by atoms with E-state index in [4.69, 9.17) is 13.6 Å². The number of ether oxygens (including phenoxy) is 1. The van der Waals surface area contributed by atoms with Gasteiger partial charge in [0.1, 0.15) is 23.1 Å². The van der Waals surface area contributed by atoms with Crippen LogP contribution in [-0.4, -0.2) is 42.7 Å². The lowest BCUT2D eigenvalue weighted by Gasteiger charge is -2.33. The highest BCUT2D eigenvalue weighted by atomic mass is 16.5. The Morgan fingerprint density at radius 2 is 1.85 bits per heavy atom.